The van der Waals surface area contributed by atoms with E-state index in [0.29, 0.717) is 6.42 Å². The maximum Gasteiger partial charge on any atom is 1.00 e. The molecule has 1 saturated heterocycles. The van der Waals surface area contributed by atoms with Crippen LogP contribution in [-0.4, -0.2) is 79.8 Å². The van der Waals surface area contributed by atoms with E-state index >= 15 is 0 Å². The van der Waals surface area contributed by atoms with E-state index in [1.54, 1.807) is 0 Å². The molecule has 1 aromatic heterocycles. The van der Waals surface area contributed by atoms with Crippen LogP contribution in [0.5, 0.6) is 6.01 Å². The van der Waals surface area contributed by atoms with Crippen LogP contribution in [0.3, 0.4) is 0 Å². The van der Waals surface area contributed by atoms with Crippen molar-refractivity contribution < 1.29 is 121 Å². The summed E-state index contributed by atoms with van der Waals surface area (Å²) in [5.74, 6) is 0.546. The first kappa shape index (κ1) is 63.6. The van der Waals surface area contributed by atoms with Gasteiger partial charge in [0, 0.05) is 18.4 Å². The van der Waals surface area contributed by atoms with Gasteiger partial charge in [-0.25, -0.2) is 13.9 Å². The standard InChI is InChI=1S/C42H79N3O13P2S.2Na/c1-3-5-7-9-11-13-15-16-17-19-21-23-25-27-31-61-34-35(56-38(46)28-26-24-22-20-18-14-12-10-8-6-4-2)32-54-59(50,51)58-60(52,53)55-33-36-39(47)40(48)41(57-36)45-30-29-37(43)44-42(45)49;;/h29-30,35-36,39-41,47-48H,3-28,31-34H2,1-2H3,(H,50,51)(H,52,53)(H2,43,44,49);;/q;2*+1/p-2/t35?,36-,39-,40+,41-;;/m1../s1. The number of hydrogen-bond acceptors (Lipinski definition) is 15. The van der Waals surface area contributed by atoms with Gasteiger partial charge in [0.2, 0.25) is 0 Å². The van der Waals surface area contributed by atoms with Crippen molar-refractivity contribution in [2.75, 3.05) is 24.7 Å². The van der Waals surface area contributed by atoms with Gasteiger partial charge < -0.3 is 43.7 Å². The number of rotatable bonds is 39. The number of phosphoric ester groups is 2. The molecule has 0 saturated carbocycles. The Kier molecular flexibility index (Phi) is 38.9. The zero-order valence-corrected chi connectivity index (χ0v) is 45.5. The first-order valence-corrected chi connectivity index (χ1v) is 27.1. The van der Waals surface area contributed by atoms with Crippen molar-refractivity contribution in [1.29, 1.82) is 5.41 Å². The molecule has 7 atom stereocenters. The van der Waals surface area contributed by atoms with Crippen molar-refractivity contribution >= 4 is 33.4 Å². The molecule has 0 radical (unpaired) electrons. The fourth-order valence-corrected chi connectivity index (χ4v) is 10.2. The van der Waals surface area contributed by atoms with Crippen molar-refractivity contribution in [1.82, 2.24) is 9.55 Å². The Labute approximate surface area is 425 Å². The van der Waals surface area contributed by atoms with E-state index < -0.39 is 71.5 Å². The molecule has 21 heteroatoms. The Morgan fingerprint density at radius 2 is 1.29 bits per heavy atom. The van der Waals surface area contributed by atoms with Gasteiger partial charge in [-0.1, -0.05) is 162 Å². The predicted octanol–water partition coefficient (Wildman–Crippen LogP) is 2.51. The topological polar surface area (TPSA) is 246 Å². The number of ether oxygens (including phenoxy) is 2. The molecule has 356 valence electrons. The third kappa shape index (κ3) is 30.7. The maximum absolute atomic E-state index is 12.8. The third-order valence-electron chi connectivity index (χ3n) is 10.7. The zero-order chi connectivity index (χ0) is 44.8. The van der Waals surface area contributed by atoms with Gasteiger partial charge in [-0.3, -0.25) is 19.3 Å². The molecule has 1 aliphatic rings. The first-order chi connectivity index (χ1) is 29.3. The number of hydrogen-bond donors (Lipinski definition) is 4. The molecule has 2 heterocycles. The number of carbonyl (C=O) groups is 1. The zero-order valence-electron chi connectivity index (χ0n) is 38.9. The number of thioether (sulfide) groups is 1. The molecular weight excluding hydrogens is 894 g/mol. The Bertz CT molecular complexity index is 1470. The van der Waals surface area contributed by atoms with Crippen LogP contribution in [0.25, 0.3) is 0 Å². The second-order valence-corrected chi connectivity index (χ2v) is 20.4. The van der Waals surface area contributed by atoms with Crippen LogP contribution < -0.4 is 74.6 Å². The van der Waals surface area contributed by atoms with Crippen LogP contribution in [0, 0.1) is 5.41 Å². The molecule has 16 nitrogen and oxygen atoms in total. The van der Waals surface area contributed by atoms with Crippen LogP contribution in [0.4, 0.5) is 0 Å². The molecule has 0 amide bonds. The molecule has 1 aliphatic heterocycles. The second-order valence-electron chi connectivity index (χ2n) is 16.2. The molecule has 0 spiro atoms. The van der Waals surface area contributed by atoms with Crippen LogP contribution in [-0.2, 0) is 36.8 Å². The summed E-state index contributed by atoms with van der Waals surface area (Å²) in [4.78, 5) is 39.1. The number of nitrogens with zero attached hydrogens (tertiary/aromatic N) is 2. The molecular formula is C42H77N3Na2O13P2S. The number of unbranched alkanes of at least 4 members (excludes halogenated alkanes) is 23. The third-order valence-corrected chi connectivity index (χ3v) is 14.4. The fourth-order valence-electron chi connectivity index (χ4n) is 7.13. The Morgan fingerprint density at radius 3 is 1.78 bits per heavy atom. The smallest absolute Gasteiger partial charge is 0.846 e. The Balaban J connectivity index is 0.0000192. The molecule has 0 aliphatic carbocycles. The minimum absolute atomic E-state index is 0. The molecule has 63 heavy (non-hydrogen) atoms. The summed E-state index contributed by atoms with van der Waals surface area (Å²) in [6, 6.07) is 0.206. The summed E-state index contributed by atoms with van der Waals surface area (Å²) >= 11 is 1.51. The number of aliphatic hydroxyl groups is 2. The predicted molar refractivity (Wildman–Crippen MR) is 232 cm³/mol. The number of aliphatic hydroxyl groups excluding tert-OH is 2. The number of esters is 1. The molecule has 0 aromatic carbocycles. The van der Waals surface area contributed by atoms with Gasteiger partial charge in [0.25, 0.3) is 7.82 Å². The van der Waals surface area contributed by atoms with Crippen molar-refractivity contribution in [3.8, 4) is 6.01 Å². The minimum Gasteiger partial charge on any atom is -0.846 e. The molecule has 1 fully saturated rings. The molecule has 1 aromatic rings. The number of aromatic nitrogens is 2. The fraction of sp³-hybridized carbons (Fsp3) is 0.881. The van der Waals surface area contributed by atoms with Crippen LogP contribution in [0.2, 0.25) is 0 Å². The van der Waals surface area contributed by atoms with Crippen molar-refractivity contribution in [2.45, 2.75) is 211 Å². The molecule has 3 unspecified atom stereocenters. The van der Waals surface area contributed by atoms with E-state index in [-0.39, 0.29) is 76.8 Å². The van der Waals surface area contributed by atoms with Gasteiger partial charge in [-0.15, -0.1) is 0 Å². The average Bonchev–Trinajstić information content (AvgIpc) is 3.49. The maximum atomic E-state index is 12.8. The summed E-state index contributed by atoms with van der Waals surface area (Å²) in [5.41, 5.74) is -0.333. The summed E-state index contributed by atoms with van der Waals surface area (Å²) < 4.78 is 51.3. The summed E-state index contributed by atoms with van der Waals surface area (Å²) in [6.45, 7) is 2.89. The largest absolute Gasteiger partial charge is 1.00 e. The minimum atomic E-state index is -5.51. The van der Waals surface area contributed by atoms with Crippen LogP contribution in [0.1, 0.15) is 187 Å². The van der Waals surface area contributed by atoms with Gasteiger partial charge >= 0.3 is 72.9 Å². The monoisotopic (exact) mass is 971 g/mol. The Morgan fingerprint density at radius 1 is 0.810 bits per heavy atom. The molecule has 0 bridgehead atoms. The number of phosphoric acid groups is 2. The van der Waals surface area contributed by atoms with Gasteiger partial charge in [-0.2, -0.15) is 11.8 Å². The van der Waals surface area contributed by atoms with E-state index in [2.05, 4.69) is 23.1 Å². The molecule has 2 rings (SSSR count). The summed E-state index contributed by atoms with van der Waals surface area (Å²) in [5, 5.41) is 40.4. The average molecular weight is 972 g/mol. The summed E-state index contributed by atoms with van der Waals surface area (Å²) in [7, 11) is -10.9. The van der Waals surface area contributed by atoms with E-state index in [0.717, 1.165) is 61.1 Å². The van der Waals surface area contributed by atoms with E-state index in [9.17, 15) is 39.0 Å². The van der Waals surface area contributed by atoms with Gasteiger partial charge in [0.15, 0.2) is 6.23 Å². The van der Waals surface area contributed by atoms with Crippen molar-refractivity contribution in [3.63, 3.8) is 0 Å². The van der Waals surface area contributed by atoms with Crippen LogP contribution in [0.15, 0.2) is 12.3 Å². The summed E-state index contributed by atoms with van der Waals surface area (Å²) in [6.07, 6.45) is 23.9. The SMILES string of the molecule is CCCCCCCCCCCCCCCCSCC(COP(=O)([O-])OP(=O)(O)OC[C@H]1O[C@@H](n2ccc(=N)nc2[O-])[C@@H](O)[C@@H]1O)OC(=O)CCCCCCCCCCCCC.[Na+].[Na+]. The Hall–Kier alpha value is 0.640. The van der Waals surface area contributed by atoms with Crippen molar-refractivity contribution in [3.05, 3.63) is 17.8 Å². The van der Waals surface area contributed by atoms with Gasteiger partial charge in [0.1, 0.15) is 29.9 Å². The quantitative estimate of drug-likeness (QED) is 0.0321. The van der Waals surface area contributed by atoms with E-state index in [4.69, 9.17) is 23.9 Å². The first-order valence-electron chi connectivity index (χ1n) is 23.0. The van der Waals surface area contributed by atoms with E-state index in [1.165, 1.54) is 127 Å². The van der Waals surface area contributed by atoms with E-state index in [1.807, 2.05) is 0 Å². The van der Waals surface area contributed by atoms with Gasteiger partial charge in [0.05, 0.1) is 19.2 Å². The van der Waals surface area contributed by atoms with Gasteiger partial charge in [-0.05, 0) is 24.7 Å². The second kappa shape index (κ2) is 38.5. The number of nitrogens with one attached hydrogen (secondary N) is 1. The number of carbonyl (C=O) groups excluding carboxylic acids is 1. The van der Waals surface area contributed by atoms with Crippen molar-refractivity contribution in [2.24, 2.45) is 0 Å². The normalized spacial score (nSPS) is 19.7. The molecule has 4 N–H and O–H groups in total. The van der Waals surface area contributed by atoms with Crippen LogP contribution >= 0.6 is 27.4 Å².